The first-order valence-corrected chi connectivity index (χ1v) is 16.2. The van der Waals surface area contributed by atoms with Crippen molar-refractivity contribution in [2.75, 3.05) is 31.1 Å². The molecule has 1 aromatic heterocycles. The van der Waals surface area contributed by atoms with E-state index in [4.69, 9.17) is 23.2 Å². The second-order valence-electron chi connectivity index (χ2n) is 11.2. The van der Waals surface area contributed by atoms with Crippen LogP contribution in [-0.4, -0.2) is 65.2 Å². The quantitative estimate of drug-likeness (QED) is 0.265. The molecule has 2 amide bonds. The lowest BCUT2D eigenvalue weighted by atomic mass is 9.91. The average molecular weight is 675 g/mol. The second kappa shape index (κ2) is 11.5. The minimum atomic E-state index is -4.16. The number of hydrogen-bond acceptors (Lipinski definition) is 5. The summed E-state index contributed by atoms with van der Waals surface area (Å²) in [4.78, 5) is 33.5. The van der Waals surface area contributed by atoms with Gasteiger partial charge in [-0.25, -0.2) is 27.1 Å². The van der Waals surface area contributed by atoms with Gasteiger partial charge in [0.15, 0.2) is 5.03 Å². The van der Waals surface area contributed by atoms with Crippen LogP contribution in [0, 0.1) is 11.6 Å². The van der Waals surface area contributed by atoms with Crippen molar-refractivity contribution >= 4 is 56.7 Å². The highest BCUT2D eigenvalue weighted by molar-refractivity contribution is 7.89. The zero-order valence-corrected chi connectivity index (χ0v) is 26.5. The first-order valence-electron chi connectivity index (χ1n) is 14.0. The Morgan fingerprint density at radius 1 is 0.911 bits per heavy atom. The molecule has 1 fully saturated rings. The SMILES string of the molecule is CC(=O)N1CCN(S(=O)(=O)c2cnc3n2[C@](C)(Cc2ccc(-c4cc(F)cc(F)c4)cc2)C(=O)N3c2cc(Cl)cc(Cl)c2)CC1. The standard InChI is InChI=1S/C31H27Cl2F2N5O4S/c1-19(41)37-7-9-38(10-8-37)45(43,44)28-18-36-30-39(27-14-23(32)13-24(33)15-27)29(42)31(2,40(28)30)17-20-3-5-21(6-4-20)22-11-25(34)16-26(35)12-22/h3-6,11-16,18H,7-10,17H2,1-2H3/t31-/m1/s1. The molecule has 3 aromatic carbocycles. The minimum absolute atomic E-state index is 0.0540. The molecule has 0 unspecified atom stereocenters. The van der Waals surface area contributed by atoms with Gasteiger partial charge < -0.3 is 4.90 Å². The number of fused-ring (bicyclic) bond motifs is 1. The van der Waals surface area contributed by atoms with Gasteiger partial charge in [0.05, 0.1) is 11.9 Å². The largest absolute Gasteiger partial charge is 0.340 e. The summed E-state index contributed by atoms with van der Waals surface area (Å²) in [6.45, 7) is 3.71. The molecular weight excluding hydrogens is 647 g/mol. The van der Waals surface area contributed by atoms with Crippen molar-refractivity contribution in [1.29, 1.82) is 0 Å². The van der Waals surface area contributed by atoms with Gasteiger partial charge in [-0.2, -0.15) is 4.31 Å². The Morgan fingerprint density at radius 3 is 2.09 bits per heavy atom. The molecule has 3 heterocycles. The number of anilines is 2. The molecule has 0 radical (unpaired) electrons. The summed E-state index contributed by atoms with van der Waals surface area (Å²) in [5, 5.41) is 0.377. The third-order valence-electron chi connectivity index (χ3n) is 8.16. The van der Waals surface area contributed by atoms with Crippen LogP contribution in [0.5, 0.6) is 0 Å². The normalized spacial score (nSPS) is 18.8. The number of sulfonamides is 1. The van der Waals surface area contributed by atoms with Gasteiger partial charge in [0.2, 0.25) is 11.9 Å². The molecule has 0 saturated carbocycles. The fraction of sp³-hybridized carbons (Fsp3) is 0.258. The van der Waals surface area contributed by atoms with Gasteiger partial charge in [-0.1, -0.05) is 47.5 Å². The Bertz CT molecular complexity index is 1910. The lowest BCUT2D eigenvalue weighted by molar-refractivity contribution is -0.130. The summed E-state index contributed by atoms with van der Waals surface area (Å²) >= 11 is 12.6. The van der Waals surface area contributed by atoms with E-state index in [1.807, 2.05) is 0 Å². The van der Waals surface area contributed by atoms with Gasteiger partial charge in [0.25, 0.3) is 15.9 Å². The predicted octanol–water partition coefficient (Wildman–Crippen LogP) is 5.62. The van der Waals surface area contributed by atoms with Crippen LogP contribution in [0.1, 0.15) is 19.4 Å². The van der Waals surface area contributed by atoms with Crippen molar-refractivity contribution in [2.24, 2.45) is 0 Å². The summed E-state index contributed by atoms with van der Waals surface area (Å²) < 4.78 is 58.5. The van der Waals surface area contributed by atoms with E-state index >= 15 is 0 Å². The van der Waals surface area contributed by atoms with Crippen LogP contribution >= 0.6 is 23.2 Å². The zero-order chi connectivity index (χ0) is 32.3. The first kappa shape index (κ1) is 31.2. The first-order chi connectivity index (χ1) is 21.3. The zero-order valence-electron chi connectivity index (χ0n) is 24.2. The van der Waals surface area contributed by atoms with Gasteiger partial charge in [0, 0.05) is 55.6 Å². The van der Waals surface area contributed by atoms with E-state index in [2.05, 4.69) is 4.98 Å². The van der Waals surface area contributed by atoms with Gasteiger partial charge in [0.1, 0.15) is 17.2 Å². The highest BCUT2D eigenvalue weighted by Gasteiger charge is 2.52. The summed E-state index contributed by atoms with van der Waals surface area (Å²) in [5.41, 5.74) is 0.412. The molecule has 234 valence electrons. The number of halogens is 4. The molecule has 1 saturated heterocycles. The van der Waals surface area contributed by atoms with Crippen molar-refractivity contribution in [3.63, 3.8) is 0 Å². The number of rotatable bonds is 6. The van der Waals surface area contributed by atoms with Crippen LogP contribution in [0.2, 0.25) is 10.0 Å². The number of benzene rings is 3. The fourth-order valence-corrected chi connectivity index (χ4v) is 8.05. The Hall–Kier alpha value is -3.84. The monoisotopic (exact) mass is 673 g/mol. The summed E-state index contributed by atoms with van der Waals surface area (Å²) in [6.07, 6.45) is 1.28. The maximum Gasteiger partial charge on any atom is 0.260 e. The molecule has 4 aromatic rings. The third kappa shape index (κ3) is 5.60. The van der Waals surface area contributed by atoms with Crippen molar-refractivity contribution in [3.05, 3.63) is 94.1 Å². The highest BCUT2D eigenvalue weighted by Crippen LogP contribution is 2.45. The Balaban J connectivity index is 1.42. The Kier molecular flexibility index (Phi) is 7.97. The van der Waals surface area contributed by atoms with Crippen LogP contribution in [0.15, 0.2) is 71.9 Å². The van der Waals surface area contributed by atoms with E-state index in [1.54, 1.807) is 36.1 Å². The lowest BCUT2D eigenvalue weighted by Gasteiger charge is -2.34. The van der Waals surface area contributed by atoms with Crippen LogP contribution in [0.4, 0.5) is 20.4 Å². The van der Waals surface area contributed by atoms with Crippen molar-refractivity contribution in [2.45, 2.75) is 30.8 Å². The number of carbonyl (C=O) groups excluding carboxylic acids is 2. The van der Waals surface area contributed by atoms with Crippen molar-refractivity contribution in [1.82, 2.24) is 18.8 Å². The summed E-state index contributed by atoms with van der Waals surface area (Å²) in [6, 6.07) is 14.6. The van der Waals surface area contributed by atoms with E-state index in [0.29, 0.717) is 22.4 Å². The van der Waals surface area contributed by atoms with E-state index in [0.717, 1.165) is 6.07 Å². The van der Waals surface area contributed by atoms with E-state index in [1.165, 1.54) is 57.2 Å². The topological polar surface area (TPSA) is 95.8 Å². The molecule has 1 atom stereocenters. The lowest BCUT2D eigenvalue weighted by Crippen LogP contribution is -2.50. The number of carbonyl (C=O) groups is 2. The van der Waals surface area contributed by atoms with Gasteiger partial charge >= 0.3 is 0 Å². The fourth-order valence-electron chi connectivity index (χ4n) is 5.92. The highest BCUT2D eigenvalue weighted by atomic mass is 35.5. The molecule has 2 aliphatic rings. The molecule has 0 bridgehead atoms. The van der Waals surface area contributed by atoms with E-state index in [9.17, 15) is 26.8 Å². The number of hydrogen-bond donors (Lipinski definition) is 0. The second-order valence-corrected chi connectivity index (χ2v) is 14.0. The van der Waals surface area contributed by atoms with Gasteiger partial charge in [-0.3, -0.25) is 14.2 Å². The maximum atomic E-state index is 14.4. The molecule has 9 nitrogen and oxygen atoms in total. The number of piperazine rings is 1. The molecule has 14 heteroatoms. The molecular formula is C31H27Cl2F2N5O4S. The van der Waals surface area contributed by atoms with Crippen LogP contribution in [-0.2, 0) is 31.6 Å². The number of aromatic nitrogens is 2. The average Bonchev–Trinajstić information content (AvgIpc) is 3.50. The van der Waals surface area contributed by atoms with Gasteiger partial charge in [-0.05, 0) is 53.9 Å². The summed E-state index contributed by atoms with van der Waals surface area (Å²) in [7, 11) is -4.16. The van der Waals surface area contributed by atoms with E-state index < -0.39 is 33.1 Å². The van der Waals surface area contributed by atoms with E-state index in [-0.39, 0.29) is 59.5 Å². The molecule has 0 aliphatic carbocycles. The summed E-state index contributed by atoms with van der Waals surface area (Å²) in [5.74, 6) is -1.93. The predicted molar refractivity (Wildman–Crippen MR) is 166 cm³/mol. The number of amides is 2. The Labute approximate surface area is 268 Å². The molecule has 0 N–H and O–H groups in total. The number of nitrogens with zero attached hydrogens (tertiary/aromatic N) is 5. The Morgan fingerprint density at radius 2 is 1.51 bits per heavy atom. The van der Waals surface area contributed by atoms with Crippen LogP contribution < -0.4 is 4.90 Å². The minimum Gasteiger partial charge on any atom is -0.340 e. The van der Waals surface area contributed by atoms with Crippen LogP contribution in [0.25, 0.3) is 11.1 Å². The maximum absolute atomic E-state index is 14.4. The number of imidazole rings is 1. The third-order valence-corrected chi connectivity index (χ3v) is 10.5. The smallest absolute Gasteiger partial charge is 0.260 e. The van der Waals surface area contributed by atoms with Crippen molar-refractivity contribution in [3.8, 4) is 11.1 Å². The molecule has 45 heavy (non-hydrogen) atoms. The molecule has 2 aliphatic heterocycles. The van der Waals surface area contributed by atoms with Gasteiger partial charge in [-0.15, -0.1) is 0 Å². The molecule has 0 spiro atoms. The van der Waals surface area contributed by atoms with Crippen molar-refractivity contribution < 1.29 is 26.8 Å². The molecule has 6 rings (SSSR count). The van der Waals surface area contributed by atoms with Crippen LogP contribution in [0.3, 0.4) is 0 Å².